The van der Waals surface area contributed by atoms with Gasteiger partial charge < -0.3 is 14.6 Å². The summed E-state index contributed by atoms with van der Waals surface area (Å²) in [6, 6.07) is 7.63. The summed E-state index contributed by atoms with van der Waals surface area (Å²) in [5.41, 5.74) is 4.26. The van der Waals surface area contributed by atoms with E-state index in [-0.39, 0.29) is 0 Å². The van der Waals surface area contributed by atoms with Crippen LogP contribution in [-0.4, -0.2) is 24.2 Å². The van der Waals surface area contributed by atoms with Crippen LogP contribution in [0.15, 0.2) is 30.5 Å². The molecule has 1 aromatic carbocycles. The van der Waals surface area contributed by atoms with Crippen molar-refractivity contribution in [1.29, 1.82) is 0 Å². The quantitative estimate of drug-likeness (QED) is 0.674. The first-order valence-corrected chi connectivity index (χ1v) is 6.60. The second-order valence-electron chi connectivity index (χ2n) is 5.05. The Morgan fingerprint density at radius 2 is 2.24 bits per heavy atom. The fourth-order valence-corrected chi connectivity index (χ4v) is 2.51. The molecule has 0 saturated carbocycles. The number of anilines is 2. The number of pyridine rings is 1. The van der Waals surface area contributed by atoms with Crippen molar-refractivity contribution in [3.63, 3.8) is 0 Å². The summed E-state index contributed by atoms with van der Waals surface area (Å²) in [6.45, 7) is 9.37. The monoisotopic (exact) mass is 279 g/mol. The van der Waals surface area contributed by atoms with Crippen LogP contribution in [0.25, 0.3) is 4.85 Å². The van der Waals surface area contributed by atoms with Crippen LogP contribution in [-0.2, 0) is 11.3 Å². The molecule has 1 aliphatic rings. The van der Waals surface area contributed by atoms with E-state index >= 15 is 0 Å². The minimum Gasteiger partial charge on any atom is -0.423 e. The molecule has 6 heteroatoms. The normalized spacial score (nSPS) is 13.0. The summed E-state index contributed by atoms with van der Waals surface area (Å²) in [5.74, 6) is 0.807. The van der Waals surface area contributed by atoms with Crippen LogP contribution in [0.4, 0.5) is 17.2 Å². The predicted octanol–water partition coefficient (Wildman–Crippen LogP) is 1.93. The SMILES string of the molecule is [C-]#[N+]c1cnc(N(C)c2ccc3c(c2)COB3O)c(C)c1. The van der Waals surface area contributed by atoms with Gasteiger partial charge in [0.1, 0.15) is 5.82 Å². The third-order valence-corrected chi connectivity index (χ3v) is 3.66. The fourth-order valence-electron chi connectivity index (χ4n) is 2.51. The van der Waals surface area contributed by atoms with Gasteiger partial charge in [-0.1, -0.05) is 6.07 Å². The molecule has 0 amide bonds. The number of fused-ring (bicyclic) bond motifs is 1. The van der Waals surface area contributed by atoms with Gasteiger partial charge in [0.25, 0.3) is 0 Å². The highest BCUT2D eigenvalue weighted by atomic mass is 16.5. The van der Waals surface area contributed by atoms with Gasteiger partial charge in [0.15, 0.2) is 0 Å². The first kappa shape index (κ1) is 13.6. The maximum absolute atomic E-state index is 9.65. The molecule has 0 spiro atoms. The number of hydrogen-bond donors (Lipinski definition) is 1. The van der Waals surface area contributed by atoms with E-state index in [4.69, 9.17) is 11.2 Å². The molecule has 2 aromatic rings. The Labute approximate surface area is 123 Å². The van der Waals surface area contributed by atoms with E-state index in [0.29, 0.717) is 12.3 Å². The van der Waals surface area contributed by atoms with Crippen molar-refractivity contribution in [1.82, 2.24) is 4.98 Å². The van der Waals surface area contributed by atoms with Crippen LogP contribution >= 0.6 is 0 Å². The molecule has 0 fully saturated rings. The Balaban J connectivity index is 1.96. The van der Waals surface area contributed by atoms with Crippen molar-refractivity contribution >= 4 is 29.8 Å². The molecule has 1 aliphatic heterocycles. The Bertz CT molecular complexity index is 742. The maximum atomic E-state index is 9.65. The second-order valence-corrected chi connectivity index (χ2v) is 5.05. The maximum Gasteiger partial charge on any atom is 0.491 e. The van der Waals surface area contributed by atoms with Crippen LogP contribution in [0.5, 0.6) is 0 Å². The topological polar surface area (TPSA) is 50.0 Å². The van der Waals surface area contributed by atoms with E-state index < -0.39 is 7.12 Å². The first-order valence-electron chi connectivity index (χ1n) is 6.60. The van der Waals surface area contributed by atoms with Crippen LogP contribution in [0.3, 0.4) is 0 Å². The molecular weight excluding hydrogens is 265 g/mol. The van der Waals surface area contributed by atoms with E-state index in [1.54, 1.807) is 6.20 Å². The van der Waals surface area contributed by atoms with Crippen LogP contribution in [0, 0.1) is 13.5 Å². The highest BCUT2D eigenvalue weighted by molar-refractivity contribution is 6.61. The predicted molar refractivity (Wildman–Crippen MR) is 82.1 cm³/mol. The second kappa shape index (κ2) is 5.21. The minimum absolute atomic E-state index is 0.418. The van der Waals surface area contributed by atoms with Gasteiger partial charge in [-0.25, -0.2) is 4.85 Å². The smallest absolute Gasteiger partial charge is 0.423 e. The summed E-state index contributed by atoms with van der Waals surface area (Å²) in [6.07, 6.45) is 1.58. The zero-order chi connectivity index (χ0) is 15.0. The lowest BCUT2D eigenvalue weighted by atomic mass is 9.79. The summed E-state index contributed by atoms with van der Waals surface area (Å²) in [7, 11) is 1.11. The van der Waals surface area contributed by atoms with Crippen molar-refractivity contribution in [2.45, 2.75) is 13.5 Å². The molecule has 1 aromatic heterocycles. The first-order chi connectivity index (χ1) is 10.1. The van der Waals surface area contributed by atoms with Crippen LogP contribution < -0.4 is 10.4 Å². The van der Waals surface area contributed by atoms with Gasteiger partial charge in [-0.3, -0.25) is 4.98 Å². The molecule has 21 heavy (non-hydrogen) atoms. The number of rotatable bonds is 2. The molecule has 2 heterocycles. The molecule has 0 radical (unpaired) electrons. The van der Waals surface area contributed by atoms with E-state index in [1.165, 1.54) is 0 Å². The van der Waals surface area contributed by atoms with Gasteiger partial charge in [-0.05, 0) is 41.7 Å². The summed E-state index contributed by atoms with van der Waals surface area (Å²) >= 11 is 0. The zero-order valence-corrected chi connectivity index (χ0v) is 11.9. The van der Waals surface area contributed by atoms with Crippen molar-refractivity contribution in [3.8, 4) is 0 Å². The molecule has 104 valence electrons. The van der Waals surface area contributed by atoms with Gasteiger partial charge in [0.2, 0.25) is 5.69 Å². The van der Waals surface area contributed by atoms with E-state index in [0.717, 1.165) is 28.1 Å². The third-order valence-electron chi connectivity index (χ3n) is 3.66. The van der Waals surface area contributed by atoms with Crippen molar-refractivity contribution < 1.29 is 9.68 Å². The van der Waals surface area contributed by atoms with Gasteiger partial charge in [0.05, 0.1) is 13.2 Å². The van der Waals surface area contributed by atoms with Crippen molar-refractivity contribution in [2.75, 3.05) is 11.9 Å². The molecule has 0 atom stereocenters. The third kappa shape index (κ3) is 2.37. The molecule has 0 saturated heterocycles. The number of aromatic nitrogens is 1. The van der Waals surface area contributed by atoms with Crippen LogP contribution in [0.1, 0.15) is 11.1 Å². The summed E-state index contributed by atoms with van der Waals surface area (Å²) in [5, 5.41) is 9.65. The Morgan fingerprint density at radius 1 is 1.43 bits per heavy atom. The number of aryl methyl sites for hydroxylation is 1. The zero-order valence-electron chi connectivity index (χ0n) is 11.9. The average molecular weight is 279 g/mol. The number of nitrogens with zero attached hydrogens (tertiary/aromatic N) is 3. The Kier molecular flexibility index (Phi) is 3.38. The molecule has 1 N–H and O–H groups in total. The molecule has 0 bridgehead atoms. The van der Waals surface area contributed by atoms with E-state index in [9.17, 15) is 5.02 Å². The minimum atomic E-state index is -0.822. The van der Waals surface area contributed by atoms with Gasteiger partial charge in [-0.2, -0.15) is 0 Å². The molecular formula is C15H14BN3O2. The van der Waals surface area contributed by atoms with Gasteiger partial charge in [0, 0.05) is 18.9 Å². The lowest BCUT2D eigenvalue weighted by molar-refractivity contribution is 0.275. The molecule has 0 unspecified atom stereocenters. The standard InChI is InChI=1S/C15H14BN3O2/c1-10-6-12(17-2)8-18-15(10)19(3)13-4-5-14-11(7-13)9-21-16(14)20/h4-8,20H,9H2,1,3H3. The molecule has 3 rings (SSSR count). The van der Waals surface area contributed by atoms with Gasteiger partial charge in [-0.15, -0.1) is 0 Å². The Hall–Kier alpha value is -2.36. The summed E-state index contributed by atoms with van der Waals surface area (Å²) in [4.78, 5) is 9.72. The summed E-state index contributed by atoms with van der Waals surface area (Å²) < 4.78 is 5.21. The average Bonchev–Trinajstić information content (AvgIpc) is 2.87. The highest BCUT2D eigenvalue weighted by Gasteiger charge is 2.27. The highest BCUT2D eigenvalue weighted by Crippen LogP contribution is 2.28. The van der Waals surface area contributed by atoms with Gasteiger partial charge >= 0.3 is 7.12 Å². The Morgan fingerprint density at radius 3 is 2.95 bits per heavy atom. The fraction of sp³-hybridized carbons (Fsp3) is 0.200. The van der Waals surface area contributed by atoms with E-state index in [2.05, 4.69) is 9.83 Å². The molecule has 0 aliphatic carbocycles. The molecule has 5 nitrogen and oxygen atoms in total. The lowest BCUT2D eigenvalue weighted by Crippen LogP contribution is -2.28. The number of hydrogen-bond acceptors (Lipinski definition) is 4. The largest absolute Gasteiger partial charge is 0.491 e. The van der Waals surface area contributed by atoms with Crippen molar-refractivity contribution in [3.05, 3.63) is 53.0 Å². The number of benzene rings is 1. The van der Waals surface area contributed by atoms with E-state index in [1.807, 2.05) is 43.1 Å². The van der Waals surface area contributed by atoms with Crippen LogP contribution in [0.2, 0.25) is 0 Å². The van der Waals surface area contributed by atoms with Crippen molar-refractivity contribution in [2.24, 2.45) is 0 Å². The lowest BCUT2D eigenvalue weighted by Gasteiger charge is -2.21.